The molecule has 2 N–H and O–H groups in total. The molecular weight excluding hydrogens is 208 g/mol. The molecule has 0 fully saturated rings. The van der Waals surface area contributed by atoms with Crippen molar-refractivity contribution >= 4 is 23.8 Å². The number of carbonyl (C=O) groups excluding carboxylic acids is 4. The molecule has 84 valence electrons. The van der Waals surface area contributed by atoms with Crippen molar-refractivity contribution in [2.24, 2.45) is 0 Å². The SMILES string of the molecule is CC(=O)ONC(=O)CC(=O)NOC(C)=O. The van der Waals surface area contributed by atoms with Crippen molar-refractivity contribution in [3.63, 3.8) is 0 Å². The van der Waals surface area contributed by atoms with E-state index < -0.39 is 30.2 Å². The van der Waals surface area contributed by atoms with Crippen LogP contribution in [0.25, 0.3) is 0 Å². The van der Waals surface area contributed by atoms with Crippen molar-refractivity contribution in [1.82, 2.24) is 11.0 Å². The zero-order valence-corrected chi connectivity index (χ0v) is 8.16. The molecule has 0 aromatic heterocycles. The Morgan fingerprint density at radius 2 is 1.20 bits per heavy atom. The van der Waals surface area contributed by atoms with E-state index in [1.165, 1.54) is 0 Å². The van der Waals surface area contributed by atoms with Crippen molar-refractivity contribution in [2.75, 3.05) is 0 Å². The van der Waals surface area contributed by atoms with Crippen molar-refractivity contribution in [3.8, 4) is 0 Å². The van der Waals surface area contributed by atoms with Gasteiger partial charge in [0.05, 0.1) is 0 Å². The molecule has 0 aliphatic carbocycles. The zero-order valence-electron chi connectivity index (χ0n) is 8.16. The van der Waals surface area contributed by atoms with E-state index >= 15 is 0 Å². The van der Waals surface area contributed by atoms with Crippen molar-refractivity contribution < 1.29 is 28.9 Å². The highest BCUT2D eigenvalue weighted by Crippen LogP contribution is 1.82. The van der Waals surface area contributed by atoms with E-state index in [-0.39, 0.29) is 0 Å². The molecule has 0 bridgehead atoms. The maximum atomic E-state index is 10.8. The van der Waals surface area contributed by atoms with Crippen LogP contribution in [0.5, 0.6) is 0 Å². The van der Waals surface area contributed by atoms with Crippen LogP contribution >= 0.6 is 0 Å². The summed E-state index contributed by atoms with van der Waals surface area (Å²) in [7, 11) is 0. The maximum absolute atomic E-state index is 10.8. The Morgan fingerprint density at radius 3 is 1.47 bits per heavy atom. The van der Waals surface area contributed by atoms with E-state index in [0.29, 0.717) is 0 Å². The predicted octanol–water partition coefficient (Wildman–Crippen LogP) is -1.43. The first-order chi connectivity index (χ1) is 6.91. The second-order valence-electron chi connectivity index (χ2n) is 2.41. The first-order valence-electron chi connectivity index (χ1n) is 3.84. The van der Waals surface area contributed by atoms with Crippen LogP contribution in [0.15, 0.2) is 0 Å². The van der Waals surface area contributed by atoms with Crippen LogP contribution in [0, 0.1) is 0 Å². The third-order valence-electron chi connectivity index (χ3n) is 0.938. The number of hydroxylamine groups is 2. The molecule has 0 heterocycles. The number of hydrogen-bond donors (Lipinski definition) is 2. The summed E-state index contributed by atoms with van der Waals surface area (Å²) < 4.78 is 0. The number of hydrogen-bond acceptors (Lipinski definition) is 6. The lowest BCUT2D eigenvalue weighted by atomic mass is 10.4. The van der Waals surface area contributed by atoms with Gasteiger partial charge in [0.15, 0.2) is 0 Å². The third kappa shape index (κ3) is 8.22. The first kappa shape index (κ1) is 12.9. The summed E-state index contributed by atoms with van der Waals surface area (Å²) in [5.41, 5.74) is 3.42. The molecule has 0 atom stereocenters. The topological polar surface area (TPSA) is 111 Å². The molecule has 0 saturated heterocycles. The van der Waals surface area contributed by atoms with Gasteiger partial charge in [0.25, 0.3) is 11.8 Å². The molecule has 0 aliphatic heterocycles. The molecule has 0 aromatic carbocycles. The molecule has 15 heavy (non-hydrogen) atoms. The van der Waals surface area contributed by atoms with Crippen LogP contribution in [0.2, 0.25) is 0 Å². The fraction of sp³-hybridized carbons (Fsp3) is 0.429. The summed E-state index contributed by atoms with van der Waals surface area (Å²) in [5.74, 6) is -3.11. The maximum Gasteiger partial charge on any atom is 0.329 e. The van der Waals surface area contributed by atoms with Gasteiger partial charge >= 0.3 is 11.9 Å². The molecule has 8 nitrogen and oxygen atoms in total. The van der Waals surface area contributed by atoms with E-state index in [1.54, 1.807) is 11.0 Å². The van der Waals surface area contributed by atoms with Crippen LogP contribution in [0.4, 0.5) is 0 Å². The van der Waals surface area contributed by atoms with Crippen LogP contribution in [-0.2, 0) is 28.9 Å². The summed E-state index contributed by atoms with van der Waals surface area (Å²) in [5, 5.41) is 0. The number of amides is 2. The molecule has 0 saturated carbocycles. The lowest BCUT2D eigenvalue weighted by molar-refractivity contribution is -0.160. The van der Waals surface area contributed by atoms with Gasteiger partial charge < -0.3 is 9.68 Å². The second kappa shape index (κ2) is 6.35. The number of nitrogens with one attached hydrogen (secondary N) is 2. The Kier molecular flexibility index (Phi) is 5.45. The van der Waals surface area contributed by atoms with Crippen molar-refractivity contribution in [1.29, 1.82) is 0 Å². The van der Waals surface area contributed by atoms with Crippen LogP contribution in [-0.4, -0.2) is 23.8 Å². The standard InChI is InChI=1S/C7H10N2O6/c1-4(10)14-8-6(12)3-7(13)9-15-5(2)11/h3H2,1-2H3,(H,8,12)(H,9,13). The fourth-order valence-corrected chi connectivity index (χ4v) is 0.476. The summed E-state index contributed by atoms with van der Waals surface area (Å²) in [4.78, 5) is 50.3. The van der Waals surface area contributed by atoms with Gasteiger partial charge in [-0.1, -0.05) is 0 Å². The van der Waals surface area contributed by atoms with E-state index in [4.69, 9.17) is 0 Å². The third-order valence-corrected chi connectivity index (χ3v) is 0.938. The summed E-state index contributed by atoms with van der Waals surface area (Å²) in [6.07, 6.45) is -0.624. The zero-order chi connectivity index (χ0) is 11.8. The van der Waals surface area contributed by atoms with Gasteiger partial charge in [-0.2, -0.15) is 11.0 Å². The lowest BCUT2D eigenvalue weighted by Gasteiger charge is -2.04. The number of carbonyl (C=O) groups is 4. The molecular formula is C7H10N2O6. The summed E-state index contributed by atoms with van der Waals surface area (Å²) >= 11 is 0. The second-order valence-corrected chi connectivity index (χ2v) is 2.41. The van der Waals surface area contributed by atoms with Crippen LogP contribution < -0.4 is 11.0 Å². The summed E-state index contributed by atoms with van der Waals surface area (Å²) in [6, 6.07) is 0. The van der Waals surface area contributed by atoms with Gasteiger partial charge in [-0.15, -0.1) is 0 Å². The van der Waals surface area contributed by atoms with Crippen LogP contribution in [0.3, 0.4) is 0 Å². The molecule has 0 rings (SSSR count). The molecule has 2 amide bonds. The normalized spacial score (nSPS) is 8.67. The Balaban J connectivity index is 3.71. The van der Waals surface area contributed by atoms with Gasteiger partial charge in [-0.25, -0.2) is 0 Å². The Hall–Kier alpha value is -2.12. The average Bonchev–Trinajstić information content (AvgIpc) is 2.11. The fourth-order valence-electron chi connectivity index (χ4n) is 0.476. The highest BCUT2D eigenvalue weighted by atomic mass is 16.7. The predicted molar refractivity (Wildman–Crippen MR) is 44.4 cm³/mol. The van der Waals surface area contributed by atoms with Crippen molar-refractivity contribution in [3.05, 3.63) is 0 Å². The number of rotatable bonds is 2. The van der Waals surface area contributed by atoms with Gasteiger partial charge in [0.1, 0.15) is 6.42 Å². The molecule has 0 radical (unpaired) electrons. The highest BCUT2D eigenvalue weighted by Gasteiger charge is 2.11. The Labute approximate surface area is 84.8 Å². The van der Waals surface area contributed by atoms with E-state index in [0.717, 1.165) is 13.8 Å². The smallest absolute Gasteiger partial charge is 0.329 e. The van der Waals surface area contributed by atoms with E-state index in [1.807, 2.05) is 0 Å². The molecule has 8 heteroatoms. The summed E-state index contributed by atoms with van der Waals surface area (Å²) in [6.45, 7) is 2.17. The van der Waals surface area contributed by atoms with E-state index in [2.05, 4.69) is 9.68 Å². The Bertz CT molecular complexity index is 259. The van der Waals surface area contributed by atoms with Crippen LogP contribution in [0.1, 0.15) is 20.3 Å². The first-order valence-corrected chi connectivity index (χ1v) is 3.84. The average molecular weight is 218 g/mol. The monoisotopic (exact) mass is 218 g/mol. The molecule has 0 aromatic rings. The minimum absolute atomic E-state index is 0.624. The van der Waals surface area contributed by atoms with Gasteiger partial charge in [-0.05, 0) is 0 Å². The minimum Gasteiger partial charge on any atom is -0.341 e. The minimum atomic E-state index is -0.838. The quantitative estimate of drug-likeness (QED) is 0.434. The van der Waals surface area contributed by atoms with Crippen molar-refractivity contribution in [2.45, 2.75) is 20.3 Å². The largest absolute Gasteiger partial charge is 0.341 e. The van der Waals surface area contributed by atoms with Gasteiger partial charge in [0.2, 0.25) is 0 Å². The lowest BCUT2D eigenvalue weighted by Crippen LogP contribution is -2.33. The van der Waals surface area contributed by atoms with Gasteiger partial charge in [-0.3, -0.25) is 19.2 Å². The molecule has 0 spiro atoms. The highest BCUT2D eigenvalue weighted by molar-refractivity contribution is 5.96. The van der Waals surface area contributed by atoms with E-state index in [9.17, 15) is 19.2 Å². The molecule has 0 unspecified atom stereocenters. The molecule has 0 aliphatic rings. The Morgan fingerprint density at radius 1 is 0.867 bits per heavy atom. The van der Waals surface area contributed by atoms with Gasteiger partial charge in [0, 0.05) is 13.8 Å².